The highest BCUT2D eigenvalue weighted by molar-refractivity contribution is 6.76. The summed E-state index contributed by atoms with van der Waals surface area (Å²) in [6, 6.07) is 12.4. The van der Waals surface area contributed by atoms with Gasteiger partial charge in [-0.05, 0) is 35.9 Å². The van der Waals surface area contributed by atoms with E-state index in [9.17, 15) is 5.26 Å². The molecule has 0 aliphatic carbocycles. The highest BCUT2D eigenvalue weighted by Crippen LogP contribution is 2.39. The summed E-state index contributed by atoms with van der Waals surface area (Å²) in [5.74, 6) is 0.346. The zero-order valence-corrected chi connectivity index (χ0v) is 28.3. The molecule has 226 valence electrons. The Morgan fingerprint density at radius 2 is 1.72 bits per heavy atom. The van der Waals surface area contributed by atoms with Gasteiger partial charge in [0.1, 0.15) is 23.9 Å². The summed E-state index contributed by atoms with van der Waals surface area (Å²) in [5, 5.41) is 19.1. The number of nitriles is 1. The number of imidazole rings is 1. The lowest BCUT2D eigenvalue weighted by Gasteiger charge is -2.31. The average Bonchev–Trinajstić information content (AvgIpc) is 3.37. The molecule has 5 rings (SSSR count). The summed E-state index contributed by atoms with van der Waals surface area (Å²) in [7, 11) is -1.27. The molecule has 2 N–H and O–H groups in total. The molecular weight excluding hydrogens is 644 g/mol. The van der Waals surface area contributed by atoms with Crippen LogP contribution in [0.25, 0.3) is 11.0 Å². The first-order valence-corrected chi connectivity index (χ1v) is 19.3. The number of ether oxygens (including phenoxy) is 1. The lowest BCUT2D eigenvalue weighted by atomic mass is 10.1. The first-order chi connectivity index (χ1) is 20.6. The predicted molar refractivity (Wildman–Crippen MR) is 180 cm³/mol. The van der Waals surface area contributed by atoms with Crippen molar-refractivity contribution in [1.82, 2.24) is 19.9 Å². The fourth-order valence-electron chi connectivity index (χ4n) is 5.00. The number of benzene rings is 2. The first kappa shape index (κ1) is 31.9. The van der Waals surface area contributed by atoms with Gasteiger partial charge < -0.3 is 24.8 Å². The van der Waals surface area contributed by atoms with E-state index in [-0.39, 0.29) is 6.73 Å². The van der Waals surface area contributed by atoms with E-state index in [0.29, 0.717) is 66.9 Å². The summed E-state index contributed by atoms with van der Waals surface area (Å²) in [6.45, 7) is 11.1. The Labute approximate surface area is 272 Å². The van der Waals surface area contributed by atoms with Crippen molar-refractivity contribution in [2.75, 3.05) is 43.0 Å². The molecule has 8 nitrogen and oxygen atoms in total. The van der Waals surface area contributed by atoms with Crippen molar-refractivity contribution in [3.63, 3.8) is 0 Å². The Hall–Kier alpha value is -2.55. The second-order valence-corrected chi connectivity index (χ2v) is 18.9. The van der Waals surface area contributed by atoms with Gasteiger partial charge in [-0.25, -0.2) is 9.97 Å². The van der Waals surface area contributed by atoms with E-state index >= 15 is 0 Å². The molecule has 2 aromatic carbocycles. The smallest absolute Gasteiger partial charge is 0.150 e. The molecule has 0 bridgehead atoms. The van der Waals surface area contributed by atoms with Crippen LogP contribution in [0.2, 0.25) is 45.8 Å². The molecular formula is C30H33Cl4N7OSi. The van der Waals surface area contributed by atoms with Crippen molar-refractivity contribution >= 4 is 82.7 Å². The quantitative estimate of drug-likeness (QED) is 0.130. The van der Waals surface area contributed by atoms with Crippen molar-refractivity contribution < 1.29 is 4.74 Å². The minimum Gasteiger partial charge on any atom is -0.367 e. The maximum absolute atomic E-state index is 10.4. The molecule has 0 atom stereocenters. The van der Waals surface area contributed by atoms with Gasteiger partial charge >= 0.3 is 0 Å². The van der Waals surface area contributed by atoms with E-state index in [1.807, 2.05) is 4.57 Å². The number of pyridine rings is 1. The predicted octanol–water partition coefficient (Wildman–Crippen LogP) is 7.97. The van der Waals surface area contributed by atoms with Gasteiger partial charge in [-0.2, -0.15) is 5.26 Å². The third-order valence-corrected chi connectivity index (χ3v) is 10.3. The molecule has 1 fully saturated rings. The molecule has 43 heavy (non-hydrogen) atoms. The molecule has 0 saturated carbocycles. The number of hydrogen-bond acceptors (Lipinski definition) is 7. The molecule has 1 aliphatic rings. The average molecular weight is 678 g/mol. The number of nitrogens with zero attached hydrogens (tertiary/aromatic N) is 5. The van der Waals surface area contributed by atoms with Gasteiger partial charge in [-0.1, -0.05) is 72.1 Å². The molecule has 3 heterocycles. The number of nitrogens with one attached hydrogen (secondary N) is 2. The Morgan fingerprint density at radius 3 is 2.35 bits per heavy atom. The maximum Gasteiger partial charge on any atom is 0.150 e. The number of anilines is 3. The van der Waals surface area contributed by atoms with E-state index in [1.54, 1.807) is 36.7 Å². The zero-order chi connectivity index (χ0) is 30.7. The number of halogens is 4. The second kappa shape index (κ2) is 13.6. The molecule has 0 spiro atoms. The zero-order valence-electron chi connectivity index (χ0n) is 24.3. The molecule has 4 aromatic rings. The van der Waals surface area contributed by atoms with E-state index in [4.69, 9.17) is 56.1 Å². The number of rotatable bonds is 10. The van der Waals surface area contributed by atoms with Crippen LogP contribution in [0.4, 0.5) is 17.2 Å². The monoisotopic (exact) mass is 675 g/mol. The van der Waals surface area contributed by atoms with E-state index < -0.39 is 8.07 Å². The van der Waals surface area contributed by atoms with Gasteiger partial charge in [0.25, 0.3) is 0 Å². The summed E-state index contributed by atoms with van der Waals surface area (Å²) >= 11 is 26.6. The van der Waals surface area contributed by atoms with Crippen LogP contribution in [0, 0.1) is 11.3 Å². The van der Waals surface area contributed by atoms with E-state index in [1.165, 1.54) is 0 Å². The van der Waals surface area contributed by atoms with Crippen LogP contribution in [-0.4, -0.2) is 55.4 Å². The van der Waals surface area contributed by atoms with Crippen LogP contribution >= 0.6 is 46.4 Å². The van der Waals surface area contributed by atoms with Crippen LogP contribution in [0.1, 0.15) is 16.8 Å². The molecule has 13 heteroatoms. The highest BCUT2D eigenvalue weighted by Gasteiger charge is 2.23. The lowest BCUT2D eigenvalue weighted by Crippen LogP contribution is -2.43. The molecule has 0 amide bonds. The van der Waals surface area contributed by atoms with Crippen molar-refractivity contribution in [3.05, 3.63) is 73.6 Å². The fraction of sp³-hybridized carbons (Fsp3) is 0.367. The van der Waals surface area contributed by atoms with Gasteiger partial charge in [-0.3, -0.25) is 0 Å². The van der Waals surface area contributed by atoms with Gasteiger partial charge in [0.2, 0.25) is 0 Å². The molecule has 1 saturated heterocycles. The second-order valence-electron chi connectivity index (χ2n) is 11.7. The molecule has 0 unspecified atom stereocenters. The maximum atomic E-state index is 10.4. The summed E-state index contributed by atoms with van der Waals surface area (Å²) in [6.07, 6.45) is 1.99. The van der Waals surface area contributed by atoms with Crippen LogP contribution in [0.5, 0.6) is 0 Å². The van der Waals surface area contributed by atoms with Crippen LogP contribution in [0.3, 0.4) is 0 Å². The van der Waals surface area contributed by atoms with E-state index in [0.717, 1.165) is 43.5 Å². The standard InChI is InChI=1S/C30H33Cl4N7OSi/c1-43(2,3)12-11-42-18-41-17-37-27-26(15-20-22(31)5-4-6-23(20)32)39-30(21(16-35)28(27)41)38-19-13-24(33)29(25(34)14-19)40-9-7-36-8-10-40/h4-6,13-14,17,36H,7-12,15,18H2,1-3H3,(H,38,39). The Morgan fingerprint density at radius 1 is 1.05 bits per heavy atom. The van der Waals surface area contributed by atoms with Crippen LogP contribution in [-0.2, 0) is 17.9 Å². The Balaban J connectivity index is 1.56. The van der Waals surface area contributed by atoms with Crippen molar-refractivity contribution in [2.24, 2.45) is 0 Å². The minimum atomic E-state index is -1.27. The van der Waals surface area contributed by atoms with Crippen molar-refractivity contribution in [1.29, 1.82) is 5.26 Å². The number of aromatic nitrogens is 3. The Kier molecular flexibility index (Phi) is 10.1. The van der Waals surface area contributed by atoms with Crippen LogP contribution in [0.15, 0.2) is 36.7 Å². The molecule has 2 aromatic heterocycles. The van der Waals surface area contributed by atoms with Crippen molar-refractivity contribution in [2.45, 2.75) is 38.8 Å². The number of hydrogen-bond donors (Lipinski definition) is 2. The topological polar surface area (TPSA) is 91.0 Å². The van der Waals surface area contributed by atoms with E-state index in [2.05, 4.69) is 46.2 Å². The largest absolute Gasteiger partial charge is 0.367 e. The number of fused-ring (bicyclic) bond motifs is 1. The highest BCUT2D eigenvalue weighted by atomic mass is 35.5. The van der Waals surface area contributed by atoms with Crippen LogP contribution < -0.4 is 15.5 Å². The van der Waals surface area contributed by atoms with Gasteiger partial charge in [0.05, 0.1) is 33.3 Å². The SMILES string of the molecule is C[Si](C)(C)CCOCn1cnc2c(Cc3c(Cl)cccc3Cl)nc(Nc3cc(Cl)c(N4CCNCC4)c(Cl)c3)c(C#N)c21. The summed E-state index contributed by atoms with van der Waals surface area (Å²) in [4.78, 5) is 11.7. The van der Waals surface area contributed by atoms with Gasteiger partial charge in [-0.15, -0.1) is 0 Å². The third kappa shape index (κ3) is 7.40. The normalized spacial score (nSPS) is 13.9. The summed E-state index contributed by atoms with van der Waals surface area (Å²) in [5.41, 5.74) is 4.26. The number of piperazine rings is 1. The lowest BCUT2D eigenvalue weighted by molar-refractivity contribution is 0.0898. The first-order valence-electron chi connectivity index (χ1n) is 14.1. The van der Waals surface area contributed by atoms with Gasteiger partial charge in [0.15, 0.2) is 5.82 Å². The fourth-order valence-corrected chi connectivity index (χ4v) is 7.02. The minimum absolute atomic E-state index is 0.252. The van der Waals surface area contributed by atoms with Crippen molar-refractivity contribution in [3.8, 4) is 6.07 Å². The molecule has 1 aliphatic heterocycles. The molecule has 0 radical (unpaired) electrons. The third-order valence-electron chi connectivity index (χ3n) is 7.29. The van der Waals surface area contributed by atoms with Gasteiger partial charge in [0, 0.05) is 63.0 Å². The Bertz CT molecular complexity index is 1630. The summed E-state index contributed by atoms with van der Waals surface area (Å²) < 4.78 is 7.88.